The lowest BCUT2D eigenvalue weighted by Gasteiger charge is -2.44. The van der Waals surface area contributed by atoms with E-state index in [1.54, 1.807) is 23.5 Å². The predicted molar refractivity (Wildman–Crippen MR) is 89.3 cm³/mol. The fourth-order valence-electron chi connectivity index (χ4n) is 2.65. The average molecular weight is 310 g/mol. The summed E-state index contributed by atoms with van der Waals surface area (Å²) in [5.74, 6) is -0.0749. The number of H-pyrrole nitrogens is 1. The van der Waals surface area contributed by atoms with Crippen molar-refractivity contribution in [3.05, 3.63) is 59.8 Å². The molecule has 2 aromatic heterocycles. The van der Waals surface area contributed by atoms with Gasteiger partial charge in [0.05, 0.1) is 6.04 Å². The zero-order chi connectivity index (χ0) is 16.4. The number of anilines is 1. The zero-order valence-electron chi connectivity index (χ0n) is 12.9. The molecule has 6 heteroatoms. The molecule has 0 unspecified atom stereocenters. The van der Waals surface area contributed by atoms with Crippen LogP contribution >= 0.6 is 0 Å². The fourth-order valence-corrected chi connectivity index (χ4v) is 2.65. The monoisotopic (exact) mass is 310 g/mol. The van der Waals surface area contributed by atoms with Gasteiger partial charge in [0.15, 0.2) is 0 Å². The minimum absolute atomic E-state index is 0.0749. The Kier molecular flexibility index (Phi) is 3.97. The first-order valence-electron chi connectivity index (χ1n) is 7.37. The lowest BCUT2D eigenvalue weighted by atomic mass is 10.1. The second-order valence-electron chi connectivity index (χ2n) is 5.55. The minimum Gasteiger partial charge on any atom is -0.364 e. The number of carbonyl (C=O) groups is 1. The number of nitrogens with one attached hydrogen (secondary N) is 1. The molecule has 6 nitrogen and oxygen atoms in total. The van der Waals surface area contributed by atoms with Crippen molar-refractivity contribution >= 4 is 11.6 Å². The number of rotatable bonds is 4. The number of amides is 1. The van der Waals surface area contributed by atoms with Crippen LogP contribution in [-0.2, 0) is 4.79 Å². The Morgan fingerprint density at radius 3 is 2.74 bits per heavy atom. The summed E-state index contributed by atoms with van der Waals surface area (Å²) in [6.07, 6.45) is 6.44. The van der Waals surface area contributed by atoms with Crippen LogP contribution in [0.2, 0.25) is 0 Å². The normalized spacial score (nSPS) is 14.2. The molecule has 0 spiro atoms. The van der Waals surface area contributed by atoms with E-state index >= 15 is 0 Å². The summed E-state index contributed by atoms with van der Waals surface area (Å²) in [6, 6.07) is 5.79. The summed E-state index contributed by atoms with van der Waals surface area (Å²) in [6.45, 7) is 4.68. The molecule has 2 aromatic rings. The van der Waals surface area contributed by atoms with Crippen molar-refractivity contribution in [2.24, 2.45) is 0 Å². The highest BCUT2D eigenvalue weighted by Gasteiger charge is 2.33. The van der Waals surface area contributed by atoms with E-state index in [1.165, 1.54) is 6.08 Å². The highest BCUT2D eigenvalue weighted by Crippen LogP contribution is 2.23. The standard InChI is InChI=1S/C17H18N4O2/c1-3-16(22)21-10-14(11-21)20(2)15-8-13(9-19-17(15)23)12-4-6-18-7-5-12/h3-9,14H,1,10-11H2,2H3,(H,19,23). The summed E-state index contributed by atoms with van der Waals surface area (Å²) in [5.41, 5.74) is 2.36. The number of pyridine rings is 2. The lowest BCUT2D eigenvalue weighted by molar-refractivity contribution is -0.130. The van der Waals surface area contributed by atoms with E-state index in [4.69, 9.17) is 0 Å². The maximum atomic E-state index is 12.2. The van der Waals surface area contributed by atoms with E-state index in [2.05, 4.69) is 16.5 Å². The molecule has 1 saturated heterocycles. The van der Waals surface area contributed by atoms with Gasteiger partial charge in [-0.25, -0.2) is 0 Å². The van der Waals surface area contributed by atoms with E-state index < -0.39 is 0 Å². The second-order valence-corrected chi connectivity index (χ2v) is 5.55. The third-order valence-electron chi connectivity index (χ3n) is 4.17. The van der Waals surface area contributed by atoms with Gasteiger partial charge in [-0.2, -0.15) is 0 Å². The Hall–Kier alpha value is -2.89. The Balaban J connectivity index is 1.81. The van der Waals surface area contributed by atoms with Crippen LogP contribution in [0.15, 0.2) is 54.2 Å². The fraction of sp³-hybridized carbons (Fsp3) is 0.235. The van der Waals surface area contributed by atoms with Gasteiger partial charge in [-0.15, -0.1) is 0 Å². The summed E-state index contributed by atoms with van der Waals surface area (Å²) < 4.78 is 0. The zero-order valence-corrected chi connectivity index (χ0v) is 12.9. The van der Waals surface area contributed by atoms with Crippen LogP contribution in [0.3, 0.4) is 0 Å². The molecule has 0 radical (unpaired) electrons. The van der Waals surface area contributed by atoms with E-state index in [0.717, 1.165) is 11.1 Å². The van der Waals surface area contributed by atoms with Crippen LogP contribution in [0, 0.1) is 0 Å². The van der Waals surface area contributed by atoms with Crippen LogP contribution in [0.1, 0.15) is 0 Å². The third-order valence-corrected chi connectivity index (χ3v) is 4.17. The summed E-state index contributed by atoms with van der Waals surface area (Å²) in [5, 5.41) is 0. The number of likely N-dealkylation sites (N-methyl/N-ethyl adjacent to an activating group) is 1. The molecule has 1 aliphatic heterocycles. The molecule has 0 atom stereocenters. The molecule has 118 valence electrons. The van der Waals surface area contributed by atoms with Crippen molar-refractivity contribution in [3.63, 3.8) is 0 Å². The van der Waals surface area contributed by atoms with Gasteiger partial charge in [-0.1, -0.05) is 6.58 Å². The Labute approximate surface area is 134 Å². The number of aromatic amines is 1. The van der Waals surface area contributed by atoms with Crippen LogP contribution in [0.4, 0.5) is 5.69 Å². The molecule has 23 heavy (non-hydrogen) atoms. The predicted octanol–water partition coefficient (Wildman–Crippen LogP) is 1.27. The minimum atomic E-state index is -0.140. The van der Waals surface area contributed by atoms with Crippen molar-refractivity contribution in [2.75, 3.05) is 25.0 Å². The van der Waals surface area contributed by atoms with Gasteiger partial charge in [0.1, 0.15) is 5.69 Å². The molecular formula is C17H18N4O2. The summed E-state index contributed by atoms with van der Waals surface area (Å²) in [7, 11) is 1.88. The Bertz CT molecular complexity index is 779. The Morgan fingerprint density at radius 1 is 1.39 bits per heavy atom. The number of hydrogen-bond acceptors (Lipinski definition) is 4. The van der Waals surface area contributed by atoms with E-state index in [0.29, 0.717) is 18.8 Å². The molecule has 0 aromatic carbocycles. The van der Waals surface area contributed by atoms with E-state index in [1.807, 2.05) is 30.1 Å². The number of carbonyl (C=O) groups excluding carboxylic acids is 1. The molecule has 1 amide bonds. The molecular weight excluding hydrogens is 292 g/mol. The van der Waals surface area contributed by atoms with Gasteiger partial charge in [0.25, 0.3) is 5.56 Å². The molecule has 0 bridgehead atoms. The van der Waals surface area contributed by atoms with Crippen LogP contribution in [0.25, 0.3) is 11.1 Å². The highest BCUT2D eigenvalue weighted by atomic mass is 16.2. The topological polar surface area (TPSA) is 69.3 Å². The molecule has 0 aliphatic carbocycles. The number of aromatic nitrogens is 2. The first-order chi connectivity index (χ1) is 11.1. The van der Waals surface area contributed by atoms with Crippen molar-refractivity contribution in [3.8, 4) is 11.1 Å². The SMILES string of the molecule is C=CC(=O)N1CC(N(C)c2cc(-c3ccncc3)c[nH]c2=O)C1. The first kappa shape index (κ1) is 15.0. The maximum Gasteiger partial charge on any atom is 0.271 e. The molecule has 1 N–H and O–H groups in total. The number of hydrogen-bond donors (Lipinski definition) is 1. The molecule has 0 saturated carbocycles. The van der Waals surface area contributed by atoms with E-state index in [9.17, 15) is 9.59 Å². The second kappa shape index (κ2) is 6.08. The molecule has 3 rings (SSSR count). The largest absolute Gasteiger partial charge is 0.364 e. The van der Waals surface area contributed by atoms with Gasteiger partial charge >= 0.3 is 0 Å². The Morgan fingerprint density at radius 2 is 2.09 bits per heavy atom. The number of nitrogens with zero attached hydrogens (tertiary/aromatic N) is 3. The van der Waals surface area contributed by atoms with Crippen LogP contribution in [0.5, 0.6) is 0 Å². The molecule has 1 fully saturated rings. The van der Waals surface area contributed by atoms with Crippen molar-refractivity contribution in [1.29, 1.82) is 0 Å². The first-order valence-corrected chi connectivity index (χ1v) is 7.37. The maximum absolute atomic E-state index is 12.2. The number of likely N-dealkylation sites (tertiary alicyclic amines) is 1. The van der Waals surface area contributed by atoms with Crippen molar-refractivity contribution in [2.45, 2.75) is 6.04 Å². The van der Waals surface area contributed by atoms with Gasteiger partial charge in [-0.05, 0) is 29.8 Å². The highest BCUT2D eigenvalue weighted by molar-refractivity contribution is 5.87. The molecule has 3 heterocycles. The van der Waals surface area contributed by atoms with E-state index in [-0.39, 0.29) is 17.5 Å². The van der Waals surface area contributed by atoms with Gasteiger partial charge in [-0.3, -0.25) is 14.6 Å². The lowest BCUT2D eigenvalue weighted by Crippen LogP contribution is -2.60. The average Bonchev–Trinajstić information content (AvgIpc) is 2.54. The van der Waals surface area contributed by atoms with Crippen LogP contribution < -0.4 is 10.5 Å². The van der Waals surface area contributed by atoms with Crippen molar-refractivity contribution < 1.29 is 4.79 Å². The van der Waals surface area contributed by atoms with Gasteiger partial charge < -0.3 is 14.8 Å². The van der Waals surface area contributed by atoms with Gasteiger partial charge in [0.2, 0.25) is 5.91 Å². The third kappa shape index (κ3) is 2.88. The summed E-state index contributed by atoms with van der Waals surface area (Å²) >= 11 is 0. The smallest absolute Gasteiger partial charge is 0.271 e. The van der Waals surface area contributed by atoms with Gasteiger partial charge in [0, 0.05) is 44.3 Å². The molecule has 1 aliphatic rings. The van der Waals surface area contributed by atoms with Crippen molar-refractivity contribution in [1.82, 2.24) is 14.9 Å². The van der Waals surface area contributed by atoms with Crippen LogP contribution in [-0.4, -0.2) is 47.0 Å². The quantitative estimate of drug-likeness (QED) is 0.864. The summed E-state index contributed by atoms with van der Waals surface area (Å²) in [4.78, 5) is 34.1.